The third-order valence-corrected chi connectivity index (χ3v) is 3.54. The molecule has 0 aliphatic carbocycles. The zero-order valence-electron chi connectivity index (χ0n) is 12.9. The van der Waals surface area contributed by atoms with Crippen LogP contribution in [0.25, 0.3) is 0 Å². The summed E-state index contributed by atoms with van der Waals surface area (Å²) in [7, 11) is 0. The van der Waals surface area contributed by atoms with Crippen LogP contribution >= 0.6 is 0 Å². The highest BCUT2D eigenvalue weighted by Gasteiger charge is 2.13. The van der Waals surface area contributed by atoms with Crippen molar-refractivity contribution < 1.29 is 4.74 Å². The van der Waals surface area contributed by atoms with Gasteiger partial charge in [-0.1, -0.05) is 46.2 Å². The number of benzene rings is 1. The molecule has 0 spiro atoms. The van der Waals surface area contributed by atoms with E-state index in [9.17, 15) is 0 Å². The standard InChI is InChI=1S/C17H29NO/c1-5-12-19-16-10-8-15(9-11-16)17(18-7-3)13-14(4)6-2/h8-11,14,17-18H,5-7,12-13H2,1-4H3. The molecule has 0 radical (unpaired) electrons. The Labute approximate surface area is 118 Å². The summed E-state index contributed by atoms with van der Waals surface area (Å²) in [4.78, 5) is 0. The molecule has 1 aromatic rings. The van der Waals surface area contributed by atoms with Gasteiger partial charge in [0, 0.05) is 6.04 Å². The molecule has 2 heteroatoms. The number of ether oxygens (including phenoxy) is 1. The maximum Gasteiger partial charge on any atom is 0.119 e. The smallest absolute Gasteiger partial charge is 0.119 e. The Morgan fingerprint density at radius 3 is 2.32 bits per heavy atom. The lowest BCUT2D eigenvalue weighted by Gasteiger charge is -2.22. The quantitative estimate of drug-likeness (QED) is 0.705. The molecule has 0 amide bonds. The van der Waals surface area contributed by atoms with E-state index in [-0.39, 0.29) is 0 Å². The highest BCUT2D eigenvalue weighted by Crippen LogP contribution is 2.24. The summed E-state index contributed by atoms with van der Waals surface area (Å²) < 4.78 is 5.63. The lowest BCUT2D eigenvalue weighted by molar-refractivity contribution is 0.317. The third-order valence-electron chi connectivity index (χ3n) is 3.54. The molecule has 108 valence electrons. The van der Waals surface area contributed by atoms with E-state index in [0.717, 1.165) is 31.2 Å². The van der Waals surface area contributed by atoms with Crippen LogP contribution in [0.5, 0.6) is 5.75 Å². The molecular formula is C17H29NO. The molecule has 19 heavy (non-hydrogen) atoms. The monoisotopic (exact) mass is 263 g/mol. The van der Waals surface area contributed by atoms with Gasteiger partial charge in [-0.25, -0.2) is 0 Å². The van der Waals surface area contributed by atoms with Crippen LogP contribution in [0, 0.1) is 5.92 Å². The van der Waals surface area contributed by atoms with Crippen molar-refractivity contribution in [2.24, 2.45) is 5.92 Å². The number of hydrogen-bond donors (Lipinski definition) is 1. The van der Waals surface area contributed by atoms with Gasteiger partial charge in [0.1, 0.15) is 5.75 Å². The second kappa shape index (κ2) is 8.98. The van der Waals surface area contributed by atoms with Gasteiger partial charge in [0.15, 0.2) is 0 Å². The van der Waals surface area contributed by atoms with Gasteiger partial charge in [-0.15, -0.1) is 0 Å². The molecule has 0 fully saturated rings. The first kappa shape index (κ1) is 16.0. The van der Waals surface area contributed by atoms with Crippen LogP contribution in [-0.2, 0) is 0 Å². The topological polar surface area (TPSA) is 21.3 Å². The van der Waals surface area contributed by atoms with Crippen molar-refractivity contribution in [1.82, 2.24) is 5.32 Å². The van der Waals surface area contributed by atoms with E-state index in [0.29, 0.717) is 6.04 Å². The second-order valence-electron chi connectivity index (χ2n) is 5.28. The predicted octanol–water partition coefficient (Wildman–Crippen LogP) is 4.56. The van der Waals surface area contributed by atoms with Gasteiger partial charge < -0.3 is 10.1 Å². The minimum atomic E-state index is 0.458. The fourth-order valence-electron chi connectivity index (χ4n) is 2.17. The van der Waals surface area contributed by atoms with Gasteiger partial charge in [0.2, 0.25) is 0 Å². The number of hydrogen-bond acceptors (Lipinski definition) is 2. The van der Waals surface area contributed by atoms with Gasteiger partial charge in [0.25, 0.3) is 0 Å². The van der Waals surface area contributed by atoms with Crippen molar-refractivity contribution in [1.29, 1.82) is 0 Å². The summed E-state index contributed by atoms with van der Waals surface area (Å²) in [6.45, 7) is 10.7. The van der Waals surface area contributed by atoms with E-state index in [2.05, 4.69) is 57.3 Å². The lowest BCUT2D eigenvalue weighted by atomic mass is 9.94. The third kappa shape index (κ3) is 5.65. The van der Waals surface area contributed by atoms with Crippen LogP contribution < -0.4 is 10.1 Å². The molecule has 0 aliphatic rings. The molecule has 1 N–H and O–H groups in total. The summed E-state index contributed by atoms with van der Waals surface area (Å²) in [6, 6.07) is 9.03. The minimum absolute atomic E-state index is 0.458. The van der Waals surface area contributed by atoms with Crippen molar-refractivity contribution in [3.05, 3.63) is 29.8 Å². The van der Waals surface area contributed by atoms with Gasteiger partial charge in [-0.3, -0.25) is 0 Å². The first-order chi connectivity index (χ1) is 9.21. The zero-order chi connectivity index (χ0) is 14.1. The maximum atomic E-state index is 5.63. The fraction of sp³-hybridized carbons (Fsp3) is 0.647. The van der Waals surface area contributed by atoms with Crippen LogP contribution in [-0.4, -0.2) is 13.2 Å². The van der Waals surface area contributed by atoms with Gasteiger partial charge in [0.05, 0.1) is 6.61 Å². The van der Waals surface area contributed by atoms with E-state index < -0.39 is 0 Å². The van der Waals surface area contributed by atoms with Crippen LogP contribution in [0.2, 0.25) is 0 Å². The van der Waals surface area contributed by atoms with Crippen molar-refractivity contribution in [3.63, 3.8) is 0 Å². The first-order valence-corrected chi connectivity index (χ1v) is 7.67. The Balaban J connectivity index is 2.67. The first-order valence-electron chi connectivity index (χ1n) is 7.67. The Morgan fingerprint density at radius 2 is 1.79 bits per heavy atom. The normalized spacial score (nSPS) is 14.1. The largest absolute Gasteiger partial charge is 0.494 e. The van der Waals surface area contributed by atoms with Crippen LogP contribution in [0.3, 0.4) is 0 Å². The van der Waals surface area contributed by atoms with Crippen molar-refractivity contribution in [2.45, 2.75) is 53.0 Å². The highest BCUT2D eigenvalue weighted by molar-refractivity contribution is 5.29. The van der Waals surface area contributed by atoms with Crippen molar-refractivity contribution in [3.8, 4) is 5.75 Å². The van der Waals surface area contributed by atoms with E-state index in [4.69, 9.17) is 4.74 Å². The van der Waals surface area contributed by atoms with Gasteiger partial charge >= 0.3 is 0 Å². The average molecular weight is 263 g/mol. The molecule has 0 aliphatic heterocycles. The van der Waals surface area contributed by atoms with Crippen LogP contribution in [0.1, 0.15) is 58.6 Å². The minimum Gasteiger partial charge on any atom is -0.494 e. The fourth-order valence-corrected chi connectivity index (χ4v) is 2.17. The molecular weight excluding hydrogens is 234 g/mol. The van der Waals surface area contributed by atoms with Gasteiger partial charge in [-0.05, 0) is 43.0 Å². The highest BCUT2D eigenvalue weighted by atomic mass is 16.5. The molecule has 0 saturated carbocycles. The summed E-state index contributed by atoms with van der Waals surface area (Å²) in [5.74, 6) is 1.73. The van der Waals surface area contributed by atoms with Crippen LogP contribution in [0.15, 0.2) is 24.3 Å². The predicted molar refractivity (Wildman–Crippen MR) is 82.7 cm³/mol. The van der Waals surface area contributed by atoms with Crippen molar-refractivity contribution >= 4 is 0 Å². The van der Waals surface area contributed by atoms with Crippen LogP contribution in [0.4, 0.5) is 0 Å². The molecule has 0 bridgehead atoms. The molecule has 0 aromatic heterocycles. The molecule has 0 heterocycles. The summed E-state index contributed by atoms with van der Waals surface area (Å²) in [5.41, 5.74) is 1.37. The Morgan fingerprint density at radius 1 is 1.11 bits per heavy atom. The molecule has 0 saturated heterocycles. The van der Waals surface area contributed by atoms with E-state index in [1.807, 2.05) is 0 Å². The maximum absolute atomic E-state index is 5.63. The van der Waals surface area contributed by atoms with Gasteiger partial charge in [-0.2, -0.15) is 0 Å². The van der Waals surface area contributed by atoms with Crippen molar-refractivity contribution in [2.75, 3.05) is 13.2 Å². The Hall–Kier alpha value is -1.02. The van der Waals surface area contributed by atoms with E-state index >= 15 is 0 Å². The lowest BCUT2D eigenvalue weighted by Crippen LogP contribution is -2.22. The summed E-state index contributed by atoms with van der Waals surface area (Å²) in [5, 5.41) is 3.59. The molecule has 2 atom stereocenters. The number of nitrogens with one attached hydrogen (secondary N) is 1. The molecule has 1 aromatic carbocycles. The van der Waals surface area contributed by atoms with E-state index in [1.165, 1.54) is 18.4 Å². The van der Waals surface area contributed by atoms with E-state index in [1.54, 1.807) is 0 Å². The average Bonchev–Trinajstić information content (AvgIpc) is 2.45. The molecule has 2 unspecified atom stereocenters. The zero-order valence-corrected chi connectivity index (χ0v) is 12.9. The molecule has 1 rings (SSSR count). The Bertz CT molecular complexity index is 334. The SMILES string of the molecule is CCCOc1ccc(C(CC(C)CC)NCC)cc1. The summed E-state index contributed by atoms with van der Waals surface area (Å²) >= 11 is 0. The Kier molecular flexibility index (Phi) is 7.57. The molecule has 2 nitrogen and oxygen atoms in total. The second-order valence-corrected chi connectivity index (χ2v) is 5.28. The number of rotatable bonds is 9. The summed E-state index contributed by atoms with van der Waals surface area (Å²) in [6.07, 6.45) is 3.48.